The van der Waals surface area contributed by atoms with E-state index in [1.165, 1.54) is 6.33 Å². The molecule has 1 saturated heterocycles. The predicted octanol–water partition coefficient (Wildman–Crippen LogP) is 2.48. The number of nitrogens with zero attached hydrogens (tertiary/aromatic N) is 6. The first-order valence-electron chi connectivity index (χ1n) is 10.00. The summed E-state index contributed by atoms with van der Waals surface area (Å²) in [6.07, 6.45) is 6.70. The standard InChI is InChI=1S/C22H21N7O2/c23-21-20-18(31-13-15-2-1-5-24-11-15)10-17(28-22(20)27-14-26-21)16-3-4-19(25-12-16)29-6-8-30-9-7-29/h1-5,10-12,14H,6-9,13H2,(H2,23,26,27,28). The first kappa shape index (κ1) is 19.1. The molecule has 31 heavy (non-hydrogen) atoms. The number of ether oxygens (including phenoxy) is 2. The number of anilines is 2. The number of aromatic nitrogens is 5. The van der Waals surface area contributed by atoms with E-state index in [2.05, 4.69) is 29.8 Å². The highest BCUT2D eigenvalue weighted by molar-refractivity contribution is 5.93. The molecule has 1 fully saturated rings. The van der Waals surface area contributed by atoms with Gasteiger partial charge in [0.25, 0.3) is 0 Å². The van der Waals surface area contributed by atoms with E-state index in [0.29, 0.717) is 48.1 Å². The summed E-state index contributed by atoms with van der Waals surface area (Å²) in [6, 6.07) is 9.67. The summed E-state index contributed by atoms with van der Waals surface area (Å²) in [4.78, 5) is 24.0. The van der Waals surface area contributed by atoms with E-state index in [1.807, 2.05) is 36.5 Å². The Balaban J connectivity index is 1.48. The van der Waals surface area contributed by atoms with E-state index in [4.69, 9.17) is 15.2 Å². The molecule has 5 rings (SSSR count). The number of hydrogen-bond donors (Lipinski definition) is 1. The van der Waals surface area contributed by atoms with Crippen molar-refractivity contribution >= 4 is 22.7 Å². The third kappa shape index (κ3) is 4.08. The summed E-state index contributed by atoms with van der Waals surface area (Å²) < 4.78 is 11.5. The van der Waals surface area contributed by atoms with E-state index >= 15 is 0 Å². The van der Waals surface area contributed by atoms with Gasteiger partial charge in [-0.25, -0.2) is 19.9 Å². The van der Waals surface area contributed by atoms with Crippen LogP contribution >= 0.6 is 0 Å². The Hall–Kier alpha value is -3.85. The highest BCUT2D eigenvalue weighted by Gasteiger charge is 2.15. The van der Waals surface area contributed by atoms with Crippen molar-refractivity contribution in [2.75, 3.05) is 36.9 Å². The summed E-state index contributed by atoms with van der Waals surface area (Å²) >= 11 is 0. The van der Waals surface area contributed by atoms with Crippen LogP contribution in [0.2, 0.25) is 0 Å². The Morgan fingerprint density at radius 1 is 1.06 bits per heavy atom. The molecule has 156 valence electrons. The number of fused-ring (bicyclic) bond motifs is 1. The van der Waals surface area contributed by atoms with Crippen LogP contribution in [0.25, 0.3) is 22.3 Å². The fraction of sp³-hybridized carbons (Fsp3) is 0.227. The minimum atomic E-state index is 0.325. The third-order valence-corrected chi connectivity index (χ3v) is 5.09. The molecule has 0 amide bonds. The molecule has 0 unspecified atom stereocenters. The van der Waals surface area contributed by atoms with Crippen LogP contribution in [0, 0.1) is 0 Å². The molecule has 0 bridgehead atoms. The van der Waals surface area contributed by atoms with Crippen molar-refractivity contribution < 1.29 is 9.47 Å². The van der Waals surface area contributed by atoms with Gasteiger partial charge in [0, 0.05) is 48.9 Å². The quantitative estimate of drug-likeness (QED) is 0.525. The van der Waals surface area contributed by atoms with Gasteiger partial charge in [0.1, 0.15) is 35.7 Å². The molecule has 1 aliphatic heterocycles. The molecule has 9 heteroatoms. The summed E-state index contributed by atoms with van der Waals surface area (Å²) in [5, 5.41) is 0.591. The van der Waals surface area contributed by atoms with E-state index < -0.39 is 0 Å². The van der Waals surface area contributed by atoms with Crippen LogP contribution in [-0.2, 0) is 11.3 Å². The van der Waals surface area contributed by atoms with Gasteiger partial charge in [-0.2, -0.15) is 0 Å². The van der Waals surface area contributed by atoms with Gasteiger partial charge in [0.2, 0.25) is 0 Å². The minimum Gasteiger partial charge on any atom is -0.488 e. The lowest BCUT2D eigenvalue weighted by Gasteiger charge is -2.27. The number of pyridine rings is 3. The maximum atomic E-state index is 6.11. The summed E-state index contributed by atoms with van der Waals surface area (Å²) in [6.45, 7) is 3.45. The van der Waals surface area contributed by atoms with E-state index in [0.717, 1.165) is 30.0 Å². The van der Waals surface area contributed by atoms with Gasteiger partial charge in [0.05, 0.1) is 18.9 Å². The van der Waals surface area contributed by atoms with Gasteiger partial charge >= 0.3 is 0 Å². The lowest BCUT2D eigenvalue weighted by molar-refractivity contribution is 0.122. The molecule has 0 aromatic carbocycles. The van der Waals surface area contributed by atoms with Crippen LogP contribution < -0.4 is 15.4 Å². The second-order valence-electron chi connectivity index (χ2n) is 7.12. The van der Waals surface area contributed by atoms with Crippen LogP contribution in [-0.4, -0.2) is 51.2 Å². The smallest absolute Gasteiger partial charge is 0.169 e. The van der Waals surface area contributed by atoms with Crippen molar-refractivity contribution in [1.29, 1.82) is 0 Å². The van der Waals surface area contributed by atoms with Crippen LogP contribution in [0.4, 0.5) is 11.6 Å². The number of rotatable bonds is 5. The highest BCUT2D eigenvalue weighted by atomic mass is 16.5. The van der Waals surface area contributed by atoms with Crippen LogP contribution in [0.5, 0.6) is 5.75 Å². The Labute approximate surface area is 178 Å². The topological polar surface area (TPSA) is 112 Å². The minimum absolute atomic E-state index is 0.325. The Kier molecular flexibility index (Phi) is 5.24. The molecule has 4 aromatic heterocycles. The zero-order valence-electron chi connectivity index (χ0n) is 16.8. The highest BCUT2D eigenvalue weighted by Crippen LogP contribution is 2.32. The summed E-state index contributed by atoms with van der Waals surface area (Å²) in [5.74, 6) is 1.82. The monoisotopic (exact) mass is 415 g/mol. The zero-order chi connectivity index (χ0) is 21.0. The van der Waals surface area contributed by atoms with Crippen LogP contribution in [0.1, 0.15) is 5.56 Å². The predicted molar refractivity (Wildman–Crippen MR) is 117 cm³/mol. The average molecular weight is 415 g/mol. The summed E-state index contributed by atoms with van der Waals surface area (Å²) in [7, 11) is 0. The maximum absolute atomic E-state index is 6.11. The van der Waals surface area contributed by atoms with Gasteiger partial charge in [-0.15, -0.1) is 0 Å². The van der Waals surface area contributed by atoms with Gasteiger partial charge in [0.15, 0.2) is 5.65 Å². The number of hydrogen-bond acceptors (Lipinski definition) is 9. The van der Waals surface area contributed by atoms with Crippen molar-refractivity contribution in [3.8, 4) is 17.0 Å². The second-order valence-corrected chi connectivity index (χ2v) is 7.12. The van der Waals surface area contributed by atoms with Crippen molar-refractivity contribution in [2.45, 2.75) is 6.61 Å². The molecule has 1 aliphatic rings. The van der Waals surface area contributed by atoms with Crippen LogP contribution in [0.15, 0.2) is 55.2 Å². The lowest BCUT2D eigenvalue weighted by atomic mass is 10.1. The molecule has 4 aromatic rings. The van der Waals surface area contributed by atoms with E-state index in [-0.39, 0.29) is 0 Å². The number of morpholine rings is 1. The number of nitrogen functional groups attached to an aromatic ring is 1. The molecule has 0 saturated carbocycles. The van der Waals surface area contributed by atoms with Crippen molar-refractivity contribution in [3.63, 3.8) is 0 Å². The molecule has 0 radical (unpaired) electrons. The Bertz CT molecular complexity index is 1180. The lowest BCUT2D eigenvalue weighted by Crippen LogP contribution is -2.36. The fourth-order valence-electron chi connectivity index (χ4n) is 3.48. The second kappa shape index (κ2) is 8.49. The van der Waals surface area contributed by atoms with Gasteiger partial charge in [-0.3, -0.25) is 4.98 Å². The normalized spacial score (nSPS) is 14.0. The van der Waals surface area contributed by atoms with Gasteiger partial charge < -0.3 is 20.1 Å². The van der Waals surface area contributed by atoms with Gasteiger partial charge in [-0.05, 0) is 18.2 Å². The molecular weight excluding hydrogens is 394 g/mol. The zero-order valence-corrected chi connectivity index (χ0v) is 16.8. The molecule has 0 spiro atoms. The van der Waals surface area contributed by atoms with E-state index in [1.54, 1.807) is 12.4 Å². The van der Waals surface area contributed by atoms with Crippen molar-refractivity contribution in [2.24, 2.45) is 0 Å². The van der Waals surface area contributed by atoms with E-state index in [9.17, 15) is 0 Å². The molecular formula is C22H21N7O2. The molecule has 2 N–H and O–H groups in total. The van der Waals surface area contributed by atoms with Crippen molar-refractivity contribution in [1.82, 2.24) is 24.9 Å². The van der Waals surface area contributed by atoms with Crippen molar-refractivity contribution in [3.05, 3.63) is 60.8 Å². The maximum Gasteiger partial charge on any atom is 0.169 e. The molecule has 5 heterocycles. The van der Waals surface area contributed by atoms with Gasteiger partial charge in [-0.1, -0.05) is 6.07 Å². The molecule has 9 nitrogen and oxygen atoms in total. The first-order valence-corrected chi connectivity index (χ1v) is 10.00. The Morgan fingerprint density at radius 2 is 1.97 bits per heavy atom. The Morgan fingerprint density at radius 3 is 2.74 bits per heavy atom. The third-order valence-electron chi connectivity index (χ3n) is 5.09. The first-order chi connectivity index (χ1) is 15.3. The van der Waals surface area contributed by atoms with Crippen LogP contribution in [0.3, 0.4) is 0 Å². The summed E-state index contributed by atoms with van der Waals surface area (Å²) in [5.41, 5.74) is 9.09. The average Bonchev–Trinajstić information content (AvgIpc) is 2.84. The molecule has 0 atom stereocenters. The number of nitrogens with two attached hydrogens (primary N) is 1. The molecule has 0 aliphatic carbocycles. The SMILES string of the molecule is Nc1ncnc2nc(-c3ccc(N4CCOCC4)nc3)cc(OCc3cccnc3)c12. The fourth-order valence-corrected chi connectivity index (χ4v) is 3.48. The largest absolute Gasteiger partial charge is 0.488 e.